The molecule has 1 nitrogen and oxygen atoms in total. The first-order chi connectivity index (χ1) is 8.22. The zero-order valence-corrected chi connectivity index (χ0v) is 11.7. The van der Waals surface area contributed by atoms with E-state index in [1.165, 1.54) is 21.6 Å². The molecule has 2 rings (SSSR count). The quantitative estimate of drug-likeness (QED) is 0.859. The third-order valence-corrected chi connectivity index (χ3v) is 4.25. The molecule has 0 saturated carbocycles. The van der Waals surface area contributed by atoms with Gasteiger partial charge < -0.3 is 5.32 Å². The van der Waals surface area contributed by atoms with Crippen molar-refractivity contribution in [1.82, 2.24) is 5.32 Å². The van der Waals surface area contributed by atoms with Crippen molar-refractivity contribution < 1.29 is 0 Å². The summed E-state index contributed by atoms with van der Waals surface area (Å²) in [4.78, 5) is 1.34. The molecule has 1 heterocycles. The Morgan fingerprint density at radius 1 is 1.24 bits per heavy atom. The molecule has 90 valence electrons. The first kappa shape index (κ1) is 12.6. The molecule has 0 bridgehead atoms. The lowest BCUT2D eigenvalue weighted by Gasteiger charge is -2.03. The molecule has 2 aromatic rings. The van der Waals surface area contributed by atoms with Crippen LogP contribution in [0.3, 0.4) is 0 Å². The van der Waals surface area contributed by atoms with Crippen LogP contribution in [-0.4, -0.2) is 6.54 Å². The summed E-state index contributed by atoms with van der Waals surface area (Å²) in [7, 11) is 0. The van der Waals surface area contributed by atoms with Crippen LogP contribution in [0.25, 0.3) is 10.4 Å². The average Bonchev–Trinajstić information content (AvgIpc) is 2.69. The molecule has 0 amide bonds. The lowest BCUT2D eigenvalue weighted by atomic mass is 10.1. The smallest absolute Gasteiger partial charge is 0.0406 e. The summed E-state index contributed by atoms with van der Waals surface area (Å²) in [5.74, 6) is 0. The van der Waals surface area contributed by atoms with Crippen LogP contribution in [0.5, 0.6) is 0 Å². The fraction of sp³-hybridized carbons (Fsp3) is 0.286. The minimum atomic E-state index is 0.788. The molecule has 0 spiro atoms. The van der Waals surface area contributed by atoms with E-state index in [4.69, 9.17) is 11.6 Å². The van der Waals surface area contributed by atoms with Crippen LogP contribution in [0.2, 0.25) is 5.02 Å². The molecule has 0 fully saturated rings. The largest absolute Gasteiger partial charge is 0.313 e. The summed E-state index contributed by atoms with van der Waals surface area (Å²) >= 11 is 7.71. The highest BCUT2D eigenvalue weighted by Crippen LogP contribution is 2.32. The summed E-state index contributed by atoms with van der Waals surface area (Å²) in [6.45, 7) is 6.27. The lowest BCUT2D eigenvalue weighted by Crippen LogP contribution is -2.11. The summed E-state index contributed by atoms with van der Waals surface area (Å²) < 4.78 is 0. The monoisotopic (exact) mass is 265 g/mol. The molecule has 1 N–H and O–H groups in total. The Kier molecular flexibility index (Phi) is 4.21. The Morgan fingerprint density at radius 3 is 2.59 bits per heavy atom. The molecular weight excluding hydrogens is 250 g/mol. The predicted molar refractivity (Wildman–Crippen MR) is 76.9 cm³/mol. The Balaban J connectivity index is 2.27. The third kappa shape index (κ3) is 2.89. The van der Waals surface area contributed by atoms with E-state index in [9.17, 15) is 0 Å². The van der Waals surface area contributed by atoms with E-state index in [1.807, 2.05) is 12.1 Å². The van der Waals surface area contributed by atoms with Gasteiger partial charge in [0.2, 0.25) is 0 Å². The number of rotatable bonds is 4. The molecular formula is C14H16ClNS. The summed E-state index contributed by atoms with van der Waals surface area (Å²) in [5.41, 5.74) is 4.01. The van der Waals surface area contributed by atoms with Gasteiger partial charge in [-0.2, -0.15) is 0 Å². The molecule has 0 aliphatic rings. The fourth-order valence-electron chi connectivity index (χ4n) is 1.77. The van der Waals surface area contributed by atoms with Crippen molar-refractivity contribution in [1.29, 1.82) is 0 Å². The van der Waals surface area contributed by atoms with Crippen molar-refractivity contribution in [2.24, 2.45) is 0 Å². The minimum Gasteiger partial charge on any atom is -0.313 e. The van der Waals surface area contributed by atoms with Gasteiger partial charge in [0.15, 0.2) is 0 Å². The molecule has 1 aromatic heterocycles. The zero-order chi connectivity index (χ0) is 12.3. The second-order valence-electron chi connectivity index (χ2n) is 4.00. The van der Waals surface area contributed by atoms with Gasteiger partial charge in [-0.1, -0.05) is 30.7 Å². The van der Waals surface area contributed by atoms with Crippen molar-refractivity contribution in [3.63, 3.8) is 0 Å². The predicted octanol–water partition coefficient (Wildman–Crippen LogP) is 4.49. The van der Waals surface area contributed by atoms with Gasteiger partial charge in [-0.15, -0.1) is 11.3 Å². The Bertz CT molecular complexity index is 487. The molecule has 0 aliphatic carbocycles. The Hall–Kier alpha value is -0.830. The van der Waals surface area contributed by atoms with Crippen LogP contribution in [0.1, 0.15) is 18.1 Å². The van der Waals surface area contributed by atoms with Gasteiger partial charge in [0, 0.05) is 16.4 Å². The summed E-state index contributed by atoms with van der Waals surface area (Å²) in [6.07, 6.45) is 0. The van der Waals surface area contributed by atoms with Crippen molar-refractivity contribution >= 4 is 22.9 Å². The second-order valence-corrected chi connectivity index (χ2v) is 5.32. The van der Waals surface area contributed by atoms with Crippen LogP contribution in [0.4, 0.5) is 0 Å². The molecule has 3 heteroatoms. The SMILES string of the molecule is CCNCc1csc(-c2ccc(Cl)cc2)c1C. The fourth-order valence-corrected chi connectivity index (χ4v) is 3.00. The third-order valence-electron chi connectivity index (χ3n) is 2.81. The maximum absolute atomic E-state index is 5.91. The van der Waals surface area contributed by atoms with E-state index < -0.39 is 0 Å². The molecule has 0 aliphatic heterocycles. The first-order valence-corrected chi connectivity index (χ1v) is 7.01. The van der Waals surface area contributed by atoms with Gasteiger partial charge in [0.1, 0.15) is 0 Å². The number of nitrogens with one attached hydrogen (secondary N) is 1. The maximum Gasteiger partial charge on any atom is 0.0406 e. The van der Waals surface area contributed by atoms with Gasteiger partial charge in [0.25, 0.3) is 0 Å². The topological polar surface area (TPSA) is 12.0 Å². The van der Waals surface area contributed by atoms with Gasteiger partial charge in [-0.05, 0) is 47.7 Å². The molecule has 0 radical (unpaired) electrons. The second kappa shape index (κ2) is 5.67. The van der Waals surface area contributed by atoms with E-state index >= 15 is 0 Å². The van der Waals surface area contributed by atoms with E-state index in [2.05, 4.69) is 36.7 Å². The highest BCUT2D eigenvalue weighted by molar-refractivity contribution is 7.14. The number of benzene rings is 1. The van der Waals surface area contributed by atoms with E-state index in [-0.39, 0.29) is 0 Å². The van der Waals surface area contributed by atoms with Crippen LogP contribution in [0, 0.1) is 6.92 Å². The van der Waals surface area contributed by atoms with E-state index in [0.29, 0.717) is 0 Å². The Morgan fingerprint density at radius 2 is 1.94 bits per heavy atom. The zero-order valence-electron chi connectivity index (χ0n) is 10.1. The van der Waals surface area contributed by atoms with Gasteiger partial charge in [-0.25, -0.2) is 0 Å². The molecule has 0 saturated heterocycles. The molecule has 0 atom stereocenters. The van der Waals surface area contributed by atoms with Crippen molar-refractivity contribution in [3.05, 3.63) is 45.8 Å². The summed E-state index contributed by atoms with van der Waals surface area (Å²) in [6, 6.07) is 8.05. The number of hydrogen-bond acceptors (Lipinski definition) is 2. The lowest BCUT2D eigenvalue weighted by molar-refractivity contribution is 0.726. The van der Waals surface area contributed by atoms with Crippen molar-refractivity contribution in [2.75, 3.05) is 6.54 Å². The van der Waals surface area contributed by atoms with Gasteiger partial charge >= 0.3 is 0 Å². The molecule has 1 aromatic carbocycles. The standard InChI is InChI=1S/C14H16ClNS/c1-3-16-8-12-9-17-14(10(12)2)11-4-6-13(15)7-5-11/h4-7,9,16H,3,8H2,1-2H3. The number of hydrogen-bond donors (Lipinski definition) is 1. The number of halogens is 1. The van der Waals surface area contributed by atoms with Crippen LogP contribution in [0.15, 0.2) is 29.6 Å². The van der Waals surface area contributed by atoms with Gasteiger partial charge in [0.05, 0.1) is 0 Å². The van der Waals surface area contributed by atoms with Crippen LogP contribution < -0.4 is 5.32 Å². The van der Waals surface area contributed by atoms with Crippen LogP contribution in [-0.2, 0) is 6.54 Å². The highest BCUT2D eigenvalue weighted by atomic mass is 35.5. The van der Waals surface area contributed by atoms with E-state index in [1.54, 1.807) is 11.3 Å². The normalized spacial score (nSPS) is 10.8. The highest BCUT2D eigenvalue weighted by Gasteiger charge is 2.08. The minimum absolute atomic E-state index is 0.788. The summed E-state index contributed by atoms with van der Waals surface area (Å²) in [5, 5.41) is 6.39. The average molecular weight is 266 g/mol. The molecule has 17 heavy (non-hydrogen) atoms. The van der Waals surface area contributed by atoms with Crippen molar-refractivity contribution in [2.45, 2.75) is 20.4 Å². The first-order valence-electron chi connectivity index (χ1n) is 5.76. The van der Waals surface area contributed by atoms with Gasteiger partial charge in [-0.3, -0.25) is 0 Å². The maximum atomic E-state index is 5.91. The molecule has 0 unspecified atom stereocenters. The van der Waals surface area contributed by atoms with Crippen LogP contribution >= 0.6 is 22.9 Å². The number of thiophene rings is 1. The van der Waals surface area contributed by atoms with Crippen molar-refractivity contribution in [3.8, 4) is 10.4 Å². The van der Waals surface area contributed by atoms with E-state index in [0.717, 1.165) is 18.1 Å². The Labute approximate surface area is 111 Å².